The summed E-state index contributed by atoms with van der Waals surface area (Å²) in [5, 5.41) is 3.26. The molecule has 0 aliphatic carbocycles. The Bertz CT molecular complexity index is 264. The molecule has 2 fully saturated rings. The maximum atomic E-state index is 11.9. The molecule has 5 heteroatoms. The van der Waals surface area contributed by atoms with E-state index in [1.165, 1.54) is 0 Å². The lowest BCUT2D eigenvalue weighted by atomic mass is 10.1. The third-order valence-electron chi connectivity index (χ3n) is 3.24. The number of carbonyl (C=O) groups excluding carboxylic acids is 2. The molecule has 1 N–H and O–H groups in total. The highest BCUT2D eigenvalue weighted by atomic mass is 16.2. The number of rotatable bonds is 2. The van der Waals surface area contributed by atoms with Crippen LogP contribution in [0.15, 0.2) is 0 Å². The van der Waals surface area contributed by atoms with Gasteiger partial charge >= 0.3 is 0 Å². The molecular weight excluding hydrogens is 206 g/mol. The molecule has 0 bridgehead atoms. The van der Waals surface area contributed by atoms with E-state index in [-0.39, 0.29) is 11.7 Å². The molecule has 0 aromatic heterocycles. The molecular formula is C11H19N3O2. The molecule has 0 unspecified atom stereocenters. The molecule has 0 atom stereocenters. The Kier molecular flexibility index (Phi) is 3.90. The topological polar surface area (TPSA) is 52.7 Å². The van der Waals surface area contributed by atoms with Crippen LogP contribution in [0.5, 0.6) is 0 Å². The summed E-state index contributed by atoms with van der Waals surface area (Å²) in [6.45, 7) is 5.55. The van der Waals surface area contributed by atoms with Crippen molar-refractivity contribution in [1.82, 2.24) is 15.1 Å². The summed E-state index contributed by atoms with van der Waals surface area (Å²) < 4.78 is 0. The Hall–Kier alpha value is -0.940. The maximum absolute atomic E-state index is 11.9. The van der Waals surface area contributed by atoms with Crippen molar-refractivity contribution >= 4 is 11.7 Å². The van der Waals surface area contributed by atoms with E-state index in [0.29, 0.717) is 32.5 Å². The lowest BCUT2D eigenvalue weighted by molar-refractivity contribution is -0.135. The van der Waals surface area contributed by atoms with E-state index in [9.17, 15) is 9.59 Å². The summed E-state index contributed by atoms with van der Waals surface area (Å²) in [4.78, 5) is 27.0. The SMILES string of the molecule is O=C1CCN(C(=O)CN2CCNCC2)CC1. The first-order valence-electron chi connectivity index (χ1n) is 5.98. The Morgan fingerprint density at radius 1 is 1.12 bits per heavy atom. The van der Waals surface area contributed by atoms with Gasteiger partial charge in [-0.25, -0.2) is 0 Å². The van der Waals surface area contributed by atoms with Gasteiger partial charge in [-0.2, -0.15) is 0 Å². The van der Waals surface area contributed by atoms with E-state index in [1.54, 1.807) is 0 Å². The van der Waals surface area contributed by atoms with Crippen molar-refractivity contribution in [3.05, 3.63) is 0 Å². The Balaban J connectivity index is 1.76. The fraction of sp³-hybridized carbons (Fsp3) is 0.818. The van der Waals surface area contributed by atoms with Gasteiger partial charge in [-0.15, -0.1) is 0 Å². The van der Waals surface area contributed by atoms with Crippen LogP contribution in [-0.4, -0.2) is 67.3 Å². The first-order chi connectivity index (χ1) is 7.75. The Labute approximate surface area is 95.8 Å². The van der Waals surface area contributed by atoms with E-state index >= 15 is 0 Å². The minimum Gasteiger partial charge on any atom is -0.341 e. The van der Waals surface area contributed by atoms with E-state index in [4.69, 9.17) is 0 Å². The van der Waals surface area contributed by atoms with Crippen LogP contribution in [0.2, 0.25) is 0 Å². The third-order valence-corrected chi connectivity index (χ3v) is 3.24. The number of nitrogens with one attached hydrogen (secondary N) is 1. The number of piperazine rings is 1. The summed E-state index contributed by atoms with van der Waals surface area (Å²) >= 11 is 0. The summed E-state index contributed by atoms with van der Waals surface area (Å²) in [6, 6.07) is 0. The van der Waals surface area contributed by atoms with E-state index in [0.717, 1.165) is 26.2 Å². The second kappa shape index (κ2) is 5.41. The summed E-state index contributed by atoms with van der Waals surface area (Å²) in [5.41, 5.74) is 0. The first-order valence-corrected chi connectivity index (χ1v) is 5.98. The molecule has 2 saturated heterocycles. The standard InChI is InChI=1S/C11H19N3O2/c15-10-1-5-14(6-2-10)11(16)9-13-7-3-12-4-8-13/h12H,1-9H2. The normalized spacial score (nSPS) is 23.5. The number of hydrogen-bond donors (Lipinski definition) is 1. The number of likely N-dealkylation sites (tertiary alicyclic amines) is 1. The second-order valence-corrected chi connectivity index (χ2v) is 4.45. The van der Waals surface area contributed by atoms with Crippen LogP contribution in [-0.2, 0) is 9.59 Å². The van der Waals surface area contributed by atoms with Gasteiger partial charge in [-0.05, 0) is 0 Å². The number of nitrogens with zero attached hydrogens (tertiary/aromatic N) is 2. The van der Waals surface area contributed by atoms with Crippen molar-refractivity contribution in [1.29, 1.82) is 0 Å². The fourth-order valence-corrected chi connectivity index (χ4v) is 2.17. The van der Waals surface area contributed by atoms with Crippen molar-refractivity contribution in [3.8, 4) is 0 Å². The number of hydrogen-bond acceptors (Lipinski definition) is 4. The smallest absolute Gasteiger partial charge is 0.236 e. The molecule has 0 aromatic rings. The number of Topliss-reactive ketones (excluding diaryl/α,β-unsaturated/α-hetero) is 1. The van der Waals surface area contributed by atoms with Crippen LogP contribution >= 0.6 is 0 Å². The molecule has 5 nitrogen and oxygen atoms in total. The second-order valence-electron chi connectivity index (χ2n) is 4.45. The van der Waals surface area contributed by atoms with Gasteiger partial charge in [0, 0.05) is 52.1 Å². The molecule has 2 heterocycles. The molecule has 0 aromatic carbocycles. The lowest BCUT2D eigenvalue weighted by Gasteiger charge is -2.31. The van der Waals surface area contributed by atoms with Gasteiger partial charge in [0.15, 0.2) is 0 Å². The van der Waals surface area contributed by atoms with Crippen LogP contribution in [0.3, 0.4) is 0 Å². The van der Waals surface area contributed by atoms with E-state index in [1.807, 2.05) is 4.90 Å². The van der Waals surface area contributed by atoms with Crippen molar-refractivity contribution in [2.45, 2.75) is 12.8 Å². The molecule has 16 heavy (non-hydrogen) atoms. The van der Waals surface area contributed by atoms with Gasteiger partial charge in [0.2, 0.25) is 5.91 Å². The van der Waals surface area contributed by atoms with Crippen molar-refractivity contribution in [2.75, 3.05) is 45.8 Å². The zero-order valence-electron chi connectivity index (χ0n) is 9.57. The number of ketones is 1. The molecule has 2 rings (SSSR count). The van der Waals surface area contributed by atoms with Gasteiger partial charge in [0.05, 0.1) is 6.54 Å². The molecule has 0 radical (unpaired) electrons. The number of amides is 1. The average molecular weight is 225 g/mol. The minimum absolute atomic E-state index is 0.175. The van der Waals surface area contributed by atoms with Gasteiger partial charge in [-0.1, -0.05) is 0 Å². The zero-order valence-corrected chi connectivity index (χ0v) is 9.57. The summed E-state index contributed by atoms with van der Waals surface area (Å²) in [5.74, 6) is 0.459. The van der Waals surface area contributed by atoms with Crippen LogP contribution in [0, 0.1) is 0 Å². The van der Waals surface area contributed by atoms with Crippen LogP contribution in [0.25, 0.3) is 0 Å². The highest BCUT2D eigenvalue weighted by Gasteiger charge is 2.22. The first kappa shape index (κ1) is 11.5. The highest BCUT2D eigenvalue weighted by Crippen LogP contribution is 2.06. The lowest BCUT2D eigenvalue weighted by Crippen LogP contribution is -2.49. The van der Waals surface area contributed by atoms with Crippen molar-refractivity contribution in [2.24, 2.45) is 0 Å². The zero-order chi connectivity index (χ0) is 11.4. The predicted molar refractivity (Wildman–Crippen MR) is 60.1 cm³/mol. The van der Waals surface area contributed by atoms with Crippen LogP contribution in [0.4, 0.5) is 0 Å². The predicted octanol–water partition coefficient (Wildman–Crippen LogP) is -0.917. The van der Waals surface area contributed by atoms with Gasteiger partial charge in [0.25, 0.3) is 0 Å². The molecule has 0 saturated carbocycles. The fourth-order valence-electron chi connectivity index (χ4n) is 2.17. The monoisotopic (exact) mass is 225 g/mol. The van der Waals surface area contributed by atoms with Crippen molar-refractivity contribution < 1.29 is 9.59 Å². The molecule has 90 valence electrons. The molecule has 0 spiro atoms. The average Bonchev–Trinajstić information content (AvgIpc) is 2.31. The largest absolute Gasteiger partial charge is 0.341 e. The minimum atomic E-state index is 0.175. The third kappa shape index (κ3) is 3.02. The highest BCUT2D eigenvalue weighted by molar-refractivity contribution is 5.84. The number of piperidine rings is 1. The van der Waals surface area contributed by atoms with Crippen LogP contribution in [0.1, 0.15) is 12.8 Å². The Morgan fingerprint density at radius 3 is 2.38 bits per heavy atom. The molecule has 2 aliphatic rings. The summed E-state index contributed by atoms with van der Waals surface area (Å²) in [7, 11) is 0. The quantitative estimate of drug-likeness (QED) is 0.660. The molecule has 1 amide bonds. The Morgan fingerprint density at radius 2 is 1.75 bits per heavy atom. The van der Waals surface area contributed by atoms with Gasteiger partial charge < -0.3 is 10.2 Å². The van der Waals surface area contributed by atoms with E-state index < -0.39 is 0 Å². The van der Waals surface area contributed by atoms with Crippen molar-refractivity contribution in [3.63, 3.8) is 0 Å². The molecule has 2 aliphatic heterocycles. The van der Waals surface area contributed by atoms with E-state index in [2.05, 4.69) is 10.2 Å². The number of carbonyl (C=O) groups is 2. The maximum Gasteiger partial charge on any atom is 0.236 e. The summed E-state index contributed by atoms with van der Waals surface area (Å²) in [6.07, 6.45) is 1.07. The van der Waals surface area contributed by atoms with Gasteiger partial charge in [-0.3, -0.25) is 14.5 Å². The van der Waals surface area contributed by atoms with Crippen LogP contribution < -0.4 is 5.32 Å². The van der Waals surface area contributed by atoms with Gasteiger partial charge in [0.1, 0.15) is 5.78 Å².